The van der Waals surface area contributed by atoms with E-state index in [1.165, 1.54) is 37.8 Å². The molecule has 0 aromatic rings. The first-order valence-electron chi connectivity index (χ1n) is 6.19. The van der Waals surface area contributed by atoms with Crippen LogP contribution >= 0.6 is 0 Å². The van der Waals surface area contributed by atoms with Crippen LogP contribution in [-0.4, -0.2) is 11.6 Å². The zero-order valence-corrected chi connectivity index (χ0v) is 9.46. The summed E-state index contributed by atoms with van der Waals surface area (Å²) in [6.45, 7) is 2.21. The first-order chi connectivity index (χ1) is 7.33. The molecule has 1 aliphatic carbocycles. The van der Waals surface area contributed by atoms with E-state index in [9.17, 15) is 4.79 Å². The van der Waals surface area contributed by atoms with Gasteiger partial charge >= 0.3 is 0 Å². The zero-order valence-electron chi connectivity index (χ0n) is 9.46. The van der Waals surface area contributed by atoms with Gasteiger partial charge in [0.1, 0.15) is 0 Å². The summed E-state index contributed by atoms with van der Waals surface area (Å²) in [6.07, 6.45) is 8.23. The lowest BCUT2D eigenvalue weighted by atomic mass is 9.87. The number of hydrogen-bond donors (Lipinski definition) is 1. The van der Waals surface area contributed by atoms with Crippen molar-refractivity contribution in [2.24, 2.45) is 16.9 Å². The van der Waals surface area contributed by atoms with Crippen LogP contribution < -0.4 is 5.43 Å². The van der Waals surface area contributed by atoms with E-state index in [1.807, 2.05) is 0 Å². The summed E-state index contributed by atoms with van der Waals surface area (Å²) < 4.78 is 0. The van der Waals surface area contributed by atoms with Crippen LogP contribution in [0.4, 0.5) is 0 Å². The number of rotatable bonds is 4. The summed E-state index contributed by atoms with van der Waals surface area (Å²) in [5.41, 5.74) is 3.93. The molecule has 0 spiro atoms. The molecule has 1 amide bonds. The molecule has 84 valence electrons. The molecule has 3 heteroatoms. The number of carbonyl (C=O) groups excluding carboxylic acids is 1. The molecule has 0 bridgehead atoms. The minimum absolute atomic E-state index is 0.150. The highest BCUT2D eigenvalue weighted by atomic mass is 16.2. The monoisotopic (exact) mass is 208 g/mol. The van der Waals surface area contributed by atoms with Crippen molar-refractivity contribution in [2.75, 3.05) is 0 Å². The van der Waals surface area contributed by atoms with Crippen molar-refractivity contribution < 1.29 is 4.79 Å². The lowest BCUT2D eigenvalue weighted by Crippen LogP contribution is -2.39. The largest absolute Gasteiger partial charge is 0.273 e. The van der Waals surface area contributed by atoms with Gasteiger partial charge in [-0.3, -0.25) is 4.79 Å². The molecule has 1 heterocycles. The topological polar surface area (TPSA) is 41.5 Å². The molecule has 3 nitrogen and oxygen atoms in total. The van der Waals surface area contributed by atoms with Gasteiger partial charge in [-0.15, -0.1) is 0 Å². The molecule has 1 N–H and O–H groups in total. The maximum absolute atomic E-state index is 11.5. The SMILES string of the molecule is CCCCCC1=NNC(=O)C2CCCC12. The number of hydrazone groups is 1. The van der Waals surface area contributed by atoms with Crippen LogP contribution in [0.3, 0.4) is 0 Å². The Hall–Kier alpha value is -0.860. The summed E-state index contributed by atoms with van der Waals surface area (Å²) in [5.74, 6) is 0.853. The molecule has 2 atom stereocenters. The molecule has 0 radical (unpaired) electrons. The van der Waals surface area contributed by atoms with Crippen LogP contribution in [0, 0.1) is 11.8 Å². The quantitative estimate of drug-likeness (QED) is 0.708. The highest BCUT2D eigenvalue weighted by molar-refractivity contribution is 5.96. The summed E-state index contributed by atoms with van der Waals surface area (Å²) in [6, 6.07) is 0. The van der Waals surface area contributed by atoms with E-state index in [-0.39, 0.29) is 11.8 Å². The summed E-state index contributed by atoms with van der Waals surface area (Å²) in [7, 11) is 0. The molecule has 2 unspecified atom stereocenters. The predicted octanol–water partition coefficient (Wildman–Crippen LogP) is 2.47. The molecule has 15 heavy (non-hydrogen) atoms. The predicted molar refractivity (Wildman–Crippen MR) is 60.6 cm³/mol. The van der Waals surface area contributed by atoms with Crippen LogP contribution in [-0.2, 0) is 4.79 Å². The fourth-order valence-corrected chi connectivity index (χ4v) is 2.76. The Bertz CT molecular complexity index is 273. The Balaban J connectivity index is 1.95. The Kier molecular flexibility index (Phi) is 3.39. The average molecular weight is 208 g/mol. The minimum Gasteiger partial charge on any atom is -0.273 e. The molecular formula is C12H20N2O. The highest BCUT2D eigenvalue weighted by Crippen LogP contribution is 2.35. The average Bonchev–Trinajstić information content (AvgIpc) is 2.71. The van der Waals surface area contributed by atoms with Gasteiger partial charge < -0.3 is 0 Å². The number of hydrogen-bond acceptors (Lipinski definition) is 2. The third kappa shape index (κ3) is 2.21. The van der Waals surface area contributed by atoms with Crippen LogP contribution in [0.25, 0.3) is 0 Å². The number of unbranched alkanes of at least 4 members (excludes halogenated alkanes) is 2. The second-order valence-corrected chi connectivity index (χ2v) is 4.68. The molecule has 1 aliphatic heterocycles. The van der Waals surface area contributed by atoms with E-state index in [0.717, 1.165) is 12.8 Å². The normalized spacial score (nSPS) is 29.7. The van der Waals surface area contributed by atoms with Crippen molar-refractivity contribution in [1.82, 2.24) is 5.43 Å². The van der Waals surface area contributed by atoms with E-state index in [2.05, 4.69) is 17.5 Å². The fourth-order valence-electron chi connectivity index (χ4n) is 2.76. The van der Waals surface area contributed by atoms with E-state index in [4.69, 9.17) is 0 Å². The van der Waals surface area contributed by atoms with Gasteiger partial charge in [-0.25, -0.2) is 5.43 Å². The molecule has 0 aromatic heterocycles. The standard InChI is InChI=1S/C12H20N2O/c1-2-3-4-8-11-9-6-5-7-10(9)12(15)14-13-11/h9-10H,2-8H2,1H3,(H,14,15). The maximum atomic E-state index is 11.5. The number of carbonyl (C=O) groups is 1. The Labute approximate surface area is 91.3 Å². The maximum Gasteiger partial charge on any atom is 0.243 e. The van der Waals surface area contributed by atoms with Gasteiger partial charge in [-0.05, 0) is 25.7 Å². The van der Waals surface area contributed by atoms with Gasteiger partial charge in [0.15, 0.2) is 0 Å². The lowest BCUT2D eigenvalue weighted by molar-refractivity contribution is -0.126. The number of amides is 1. The van der Waals surface area contributed by atoms with E-state index >= 15 is 0 Å². The van der Waals surface area contributed by atoms with E-state index in [0.29, 0.717) is 5.92 Å². The Morgan fingerprint density at radius 1 is 1.33 bits per heavy atom. The molecule has 0 aromatic carbocycles. The number of nitrogens with zero attached hydrogens (tertiary/aromatic N) is 1. The first-order valence-corrected chi connectivity index (χ1v) is 6.19. The molecule has 2 aliphatic rings. The van der Waals surface area contributed by atoms with Gasteiger partial charge in [0.25, 0.3) is 0 Å². The van der Waals surface area contributed by atoms with E-state index < -0.39 is 0 Å². The molecular weight excluding hydrogens is 188 g/mol. The van der Waals surface area contributed by atoms with Crippen molar-refractivity contribution >= 4 is 11.6 Å². The Morgan fingerprint density at radius 3 is 2.93 bits per heavy atom. The second kappa shape index (κ2) is 4.77. The zero-order chi connectivity index (χ0) is 10.7. The van der Waals surface area contributed by atoms with Crippen molar-refractivity contribution in [3.8, 4) is 0 Å². The van der Waals surface area contributed by atoms with Crippen LogP contribution in [0.2, 0.25) is 0 Å². The van der Waals surface area contributed by atoms with Gasteiger partial charge in [-0.2, -0.15) is 5.10 Å². The van der Waals surface area contributed by atoms with Gasteiger partial charge in [-0.1, -0.05) is 26.2 Å². The summed E-state index contributed by atoms with van der Waals surface area (Å²) in [4.78, 5) is 11.5. The lowest BCUT2D eigenvalue weighted by Gasteiger charge is -2.24. The van der Waals surface area contributed by atoms with Crippen molar-refractivity contribution in [3.05, 3.63) is 0 Å². The minimum atomic E-state index is 0.150. The number of nitrogens with one attached hydrogen (secondary N) is 1. The van der Waals surface area contributed by atoms with Crippen LogP contribution in [0.15, 0.2) is 5.10 Å². The molecule has 0 saturated heterocycles. The van der Waals surface area contributed by atoms with Crippen LogP contribution in [0.5, 0.6) is 0 Å². The van der Waals surface area contributed by atoms with Crippen LogP contribution in [0.1, 0.15) is 51.9 Å². The van der Waals surface area contributed by atoms with Crippen molar-refractivity contribution in [2.45, 2.75) is 51.9 Å². The highest BCUT2D eigenvalue weighted by Gasteiger charge is 2.38. The fraction of sp³-hybridized carbons (Fsp3) is 0.833. The second-order valence-electron chi connectivity index (χ2n) is 4.68. The summed E-state index contributed by atoms with van der Waals surface area (Å²) >= 11 is 0. The Morgan fingerprint density at radius 2 is 2.13 bits per heavy atom. The van der Waals surface area contributed by atoms with Gasteiger partial charge in [0, 0.05) is 17.5 Å². The molecule has 1 saturated carbocycles. The summed E-state index contributed by atoms with van der Waals surface area (Å²) in [5, 5.41) is 4.24. The number of fused-ring (bicyclic) bond motifs is 1. The van der Waals surface area contributed by atoms with Crippen molar-refractivity contribution in [3.63, 3.8) is 0 Å². The molecule has 1 fully saturated rings. The van der Waals surface area contributed by atoms with Gasteiger partial charge in [0.05, 0.1) is 0 Å². The smallest absolute Gasteiger partial charge is 0.243 e. The van der Waals surface area contributed by atoms with Crippen molar-refractivity contribution in [1.29, 1.82) is 0 Å². The van der Waals surface area contributed by atoms with E-state index in [1.54, 1.807) is 0 Å². The third-order valence-electron chi connectivity index (χ3n) is 3.63. The molecule has 2 rings (SSSR count). The third-order valence-corrected chi connectivity index (χ3v) is 3.63. The van der Waals surface area contributed by atoms with Gasteiger partial charge in [0.2, 0.25) is 5.91 Å². The first kappa shape index (κ1) is 10.7.